The van der Waals surface area contributed by atoms with Gasteiger partial charge in [-0.25, -0.2) is 12.8 Å². The number of sulfonamides is 1. The third kappa shape index (κ3) is 4.03. The molecule has 0 bridgehead atoms. The summed E-state index contributed by atoms with van der Waals surface area (Å²) in [5.41, 5.74) is 0.909. The van der Waals surface area contributed by atoms with E-state index >= 15 is 0 Å². The lowest BCUT2D eigenvalue weighted by Gasteiger charge is -2.33. The summed E-state index contributed by atoms with van der Waals surface area (Å²) in [6.07, 6.45) is 2.95. The van der Waals surface area contributed by atoms with Crippen molar-refractivity contribution in [3.05, 3.63) is 47.0 Å². The molecular formula is C16H20ClFN4O2S. The van der Waals surface area contributed by atoms with Crippen LogP contribution in [0.15, 0.2) is 35.5 Å². The van der Waals surface area contributed by atoms with Gasteiger partial charge < -0.3 is 0 Å². The molecule has 1 fully saturated rings. The number of piperazine rings is 1. The lowest BCUT2D eigenvalue weighted by Crippen LogP contribution is -2.48. The number of benzene rings is 1. The van der Waals surface area contributed by atoms with Gasteiger partial charge in [-0.05, 0) is 24.6 Å². The molecule has 3 rings (SSSR count). The Morgan fingerprint density at radius 3 is 2.56 bits per heavy atom. The van der Waals surface area contributed by atoms with E-state index < -0.39 is 15.8 Å². The van der Waals surface area contributed by atoms with E-state index in [-0.39, 0.29) is 9.92 Å². The van der Waals surface area contributed by atoms with Crippen molar-refractivity contribution < 1.29 is 12.8 Å². The van der Waals surface area contributed by atoms with Gasteiger partial charge >= 0.3 is 0 Å². The molecular weight excluding hydrogens is 367 g/mol. The van der Waals surface area contributed by atoms with Crippen molar-refractivity contribution in [2.24, 2.45) is 0 Å². The smallest absolute Gasteiger partial charge is 0.246 e. The third-order valence-corrected chi connectivity index (χ3v) is 6.43. The van der Waals surface area contributed by atoms with Crippen LogP contribution in [0.5, 0.6) is 0 Å². The largest absolute Gasteiger partial charge is 0.296 e. The Labute approximate surface area is 151 Å². The average molecular weight is 387 g/mol. The molecule has 1 aliphatic rings. The molecule has 2 aromatic rings. The van der Waals surface area contributed by atoms with E-state index in [9.17, 15) is 12.8 Å². The van der Waals surface area contributed by atoms with Gasteiger partial charge in [0.25, 0.3) is 0 Å². The fourth-order valence-electron chi connectivity index (χ4n) is 2.82. The molecule has 1 saturated heterocycles. The molecule has 0 radical (unpaired) electrons. The van der Waals surface area contributed by atoms with Gasteiger partial charge in [-0.1, -0.05) is 17.7 Å². The highest BCUT2D eigenvalue weighted by molar-refractivity contribution is 7.89. The van der Waals surface area contributed by atoms with Crippen molar-refractivity contribution in [3.8, 4) is 0 Å². The first-order chi connectivity index (χ1) is 11.9. The van der Waals surface area contributed by atoms with Crippen molar-refractivity contribution in [3.63, 3.8) is 0 Å². The summed E-state index contributed by atoms with van der Waals surface area (Å²) >= 11 is 5.81. The minimum Gasteiger partial charge on any atom is -0.296 e. The molecule has 1 aliphatic heterocycles. The first kappa shape index (κ1) is 18.3. The van der Waals surface area contributed by atoms with Gasteiger partial charge in [-0.3, -0.25) is 9.58 Å². The number of halogens is 2. The summed E-state index contributed by atoms with van der Waals surface area (Å²) in [6, 6.07) is 4.66. The molecule has 0 atom stereocenters. The van der Waals surface area contributed by atoms with E-state index in [1.54, 1.807) is 23.0 Å². The maximum Gasteiger partial charge on any atom is 0.246 e. The fourth-order valence-corrected chi connectivity index (χ4v) is 4.40. The summed E-state index contributed by atoms with van der Waals surface area (Å²) in [6.45, 7) is 5.18. The summed E-state index contributed by atoms with van der Waals surface area (Å²) in [7, 11) is -3.51. The van der Waals surface area contributed by atoms with E-state index in [2.05, 4.69) is 10.00 Å². The molecule has 136 valence electrons. The molecule has 0 saturated carbocycles. The van der Waals surface area contributed by atoms with Gasteiger partial charge in [-0.15, -0.1) is 0 Å². The van der Waals surface area contributed by atoms with E-state index in [0.29, 0.717) is 39.3 Å². The van der Waals surface area contributed by atoms with Gasteiger partial charge in [0.05, 0.1) is 11.2 Å². The molecule has 0 N–H and O–H groups in total. The Morgan fingerprint density at radius 1 is 1.24 bits per heavy atom. The number of hydrogen-bond donors (Lipinski definition) is 0. The minimum absolute atomic E-state index is 0.103. The van der Waals surface area contributed by atoms with Gasteiger partial charge in [0.15, 0.2) is 0 Å². The molecule has 0 amide bonds. The second-order valence-corrected chi connectivity index (χ2v) is 8.31. The quantitative estimate of drug-likeness (QED) is 0.790. The number of nitrogens with zero attached hydrogens (tertiary/aromatic N) is 4. The van der Waals surface area contributed by atoms with E-state index in [0.717, 1.165) is 5.56 Å². The monoisotopic (exact) mass is 386 g/mol. The molecule has 25 heavy (non-hydrogen) atoms. The maximum absolute atomic E-state index is 13.2. The van der Waals surface area contributed by atoms with Crippen molar-refractivity contribution >= 4 is 21.6 Å². The highest BCUT2D eigenvalue weighted by Gasteiger charge is 2.29. The molecule has 0 aliphatic carbocycles. The Morgan fingerprint density at radius 2 is 1.96 bits per heavy atom. The van der Waals surface area contributed by atoms with Crippen molar-refractivity contribution in [2.75, 3.05) is 26.2 Å². The zero-order chi connectivity index (χ0) is 18.0. The van der Waals surface area contributed by atoms with E-state index in [1.165, 1.54) is 16.6 Å². The Bertz CT molecular complexity index is 848. The lowest BCUT2D eigenvalue weighted by molar-refractivity contribution is 0.181. The fraction of sp³-hybridized carbons (Fsp3) is 0.438. The van der Waals surface area contributed by atoms with Crippen LogP contribution < -0.4 is 0 Å². The van der Waals surface area contributed by atoms with E-state index in [4.69, 9.17) is 11.6 Å². The Balaban J connectivity index is 1.62. The number of aromatic nitrogens is 2. The van der Waals surface area contributed by atoms with Crippen molar-refractivity contribution in [2.45, 2.75) is 24.9 Å². The molecule has 6 nitrogen and oxygen atoms in total. The van der Waals surface area contributed by atoms with Crippen LogP contribution in [0.25, 0.3) is 0 Å². The summed E-state index contributed by atoms with van der Waals surface area (Å²) in [4.78, 5) is 2.36. The standard InChI is InChI=1S/C16H20ClFN4O2S/c1-2-21-12-14(10-19-21)25(23,24)22-7-5-20(6-8-22)11-13-3-4-16(18)15(17)9-13/h3-4,9-10,12H,2,5-8,11H2,1H3. The van der Waals surface area contributed by atoms with Crippen LogP contribution in [0.3, 0.4) is 0 Å². The predicted molar refractivity (Wildman–Crippen MR) is 93.3 cm³/mol. The number of hydrogen-bond acceptors (Lipinski definition) is 4. The van der Waals surface area contributed by atoms with Crippen LogP contribution in [-0.4, -0.2) is 53.6 Å². The summed E-state index contributed by atoms with van der Waals surface area (Å²) in [5.74, 6) is -0.436. The first-order valence-electron chi connectivity index (χ1n) is 8.09. The van der Waals surface area contributed by atoms with Crippen LogP contribution in [0.2, 0.25) is 5.02 Å². The molecule has 1 aromatic carbocycles. The Hall–Kier alpha value is -1.48. The summed E-state index contributed by atoms with van der Waals surface area (Å²) in [5, 5.41) is 4.14. The van der Waals surface area contributed by atoms with Gasteiger partial charge in [0, 0.05) is 45.5 Å². The lowest BCUT2D eigenvalue weighted by atomic mass is 10.2. The van der Waals surface area contributed by atoms with E-state index in [1.807, 2.05) is 6.92 Å². The third-order valence-electron chi connectivity index (χ3n) is 4.29. The molecule has 0 spiro atoms. The minimum atomic E-state index is -3.51. The van der Waals surface area contributed by atoms with Gasteiger partial charge in [-0.2, -0.15) is 9.40 Å². The number of rotatable bonds is 5. The van der Waals surface area contributed by atoms with Crippen LogP contribution in [0, 0.1) is 5.82 Å². The van der Waals surface area contributed by atoms with Crippen molar-refractivity contribution in [1.82, 2.24) is 19.0 Å². The molecule has 9 heteroatoms. The summed E-state index contributed by atoms with van der Waals surface area (Å²) < 4.78 is 41.6. The highest BCUT2D eigenvalue weighted by Crippen LogP contribution is 2.20. The first-order valence-corrected chi connectivity index (χ1v) is 9.91. The molecule has 0 unspecified atom stereocenters. The molecule has 2 heterocycles. The zero-order valence-electron chi connectivity index (χ0n) is 13.9. The van der Waals surface area contributed by atoms with Crippen LogP contribution in [-0.2, 0) is 23.1 Å². The number of aryl methyl sites for hydroxylation is 1. The zero-order valence-corrected chi connectivity index (χ0v) is 15.5. The van der Waals surface area contributed by atoms with Gasteiger partial charge in [0.2, 0.25) is 10.0 Å². The van der Waals surface area contributed by atoms with Gasteiger partial charge in [0.1, 0.15) is 10.7 Å². The van der Waals surface area contributed by atoms with Crippen molar-refractivity contribution in [1.29, 1.82) is 0 Å². The predicted octanol–water partition coefficient (Wildman–Crippen LogP) is 2.20. The normalized spacial score (nSPS) is 17.1. The van der Waals surface area contributed by atoms with Crippen LogP contribution in [0.1, 0.15) is 12.5 Å². The average Bonchev–Trinajstić information content (AvgIpc) is 3.09. The Kier molecular flexibility index (Phi) is 5.43. The SMILES string of the molecule is CCn1cc(S(=O)(=O)N2CCN(Cc3ccc(F)c(Cl)c3)CC2)cn1. The second kappa shape index (κ2) is 7.41. The maximum atomic E-state index is 13.2. The molecule has 1 aromatic heterocycles. The highest BCUT2D eigenvalue weighted by atomic mass is 35.5. The topological polar surface area (TPSA) is 58.4 Å². The second-order valence-electron chi connectivity index (χ2n) is 5.96. The van der Waals surface area contributed by atoms with Crippen LogP contribution >= 0.6 is 11.6 Å². The van der Waals surface area contributed by atoms with Crippen LogP contribution in [0.4, 0.5) is 4.39 Å².